The molecule has 1 heterocycles. The van der Waals surface area contributed by atoms with Gasteiger partial charge >= 0.3 is 0 Å². The minimum atomic E-state index is -0.0767. The quantitative estimate of drug-likeness (QED) is 0.766. The Bertz CT molecular complexity index is 528. The number of rotatable bonds is 3. The van der Waals surface area contributed by atoms with E-state index < -0.39 is 0 Å². The number of amides is 1. The Kier molecular flexibility index (Phi) is 3.00. The van der Waals surface area contributed by atoms with E-state index in [1.54, 1.807) is 12.3 Å². The first-order valence-electron chi connectivity index (χ1n) is 5.12. The molecule has 82 valence electrons. The van der Waals surface area contributed by atoms with Gasteiger partial charge in [-0.15, -0.1) is 0 Å². The van der Waals surface area contributed by atoms with Gasteiger partial charge in [0.05, 0.1) is 11.7 Å². The van der Waals surface area contributed by atoms with E-state index in [9.17, 15) is 4.79 Å². The van der Waals surface area contributed by atoms with E-state index >= 15 is 0 Å². The SMILES string of the molecule is C/C=C/C(=O)NCc1ccc2cn[nH]c2c1. The highest BCUT2D eigenvalue weighted by Gasteiger charge is 1.99. The van der Waals surface area contributed by atoms with Crippen molar-refractivity contribution in [3.63, 3.8) is 0 Å². The molecule has 0 atom stereocenters. The fourth-order valence-electron chi connectivity index (χ4n) is 1.49. The number of aromatic amines is 1. The minimum Gasteiger partial charge on any atom is -0.348 e. The number of carbonyl (C=O) groups is 1. The zero-order valence-corrected chi connectivity index (χ0v) is 9.03. The van der Waals surface area contributed by atoms with Gasteiger partial charge in [-0.2, -0.15) is 5.10 Å². The Morgan fingerprint density at radius 2 is 2.44 bits per heavy atom. The maximum atomic E-state index is 11.2. The van der Waals surface area contributed by atoms with Crippen LogP contribution in [0.3, 0.4) is 0 Å². The summed E-state index contributed by atoms with van der Waals surface area (Å²) in [7, 11) is 0. The van der Waals surface area contributed by atoms with Crippen LogP contribution in [0.25, 0.3) is 10.9 Å². The summed E-state index contributed by atoms with van der Waals surface area (Å²) in [5.74, 6) is -0.0767. The Balaban J connectivity index is 2.06. The van der Waals surface area contributed by atoms with Crippen LogP contribution in [-0.2, 0) is 11.3 Å². The molecule has 0 spiro atoms. The first-order valence-corrected chi connectivity index (χ1v) is 5.12. The van der Waals surface area contributed by atoms with Crippen LogP contribution < -0.4 is 5.32 Å². The predicted molar refractivity (Wildman–Crippen MR) is 62.8 cm³/mol. The first kappa shape index (κ1) is 10.4. The molecule has 16 heavy (non-hydrogen) atoms. The molecule has 0 aliphatic carbocycles. The Labute approximate surface area is 93.4 Å². The maximum absolute atomic E-state index is 11.2. The van der Waals surface area contributed by atoms with Crippen LogP contribution in [0.1, 0.15) is 12.5 Å². The van der Waals surface area contributed by atoms with Crippen LogP contribution in [0.2, 0.25) is 0 Å². The van der Waals surface area contributed by atoms with Crippen molar-refractivity contribution < 1.29 is 4.79 Å². The van der Waals surface area contributed by atoms with Crippen molar-refractivity contribution in [2.75, 3.05) is 0 Å². The summed E-state index contributed by atoms with van der Waals surface area (Å²) in [6.07, 6.45) is 5.00. The third-order valence-electron chi connectivity index (χ3n) is 2.29. The van der Waals surface area contributed by atoms with Gasteiger partial charge in [0, 0.05) is 11.9 Å². The summed E-state index contributed by atoms with van der Waals surface area (Å²) in [4.78, 5) is 11.2. The molecule has 0 fully saturated rings. The number of hydrogen-bond donors (Lipinski definition) is 2. The number of hydrogen-bond acceptors (Lipinski definition) is 2. The molecular formula is C12H13N3O. The van der Waals surface area contributed by atoms with Crippen LogP contribution in [0.4, 0.5) is 0 Å². The van der Waals surface area contributed by atoms with Crippen molar-refractivity contribution in [2.45, 2.75) is 13.5 Å². The second-order valence-corrected chi connectivity index (χ2v) is 3.51. The van der Waals surface area contributed by atoms with Crippen LogP contribution in [0.5, 0.6) is 0 Å². The average Bonchev–Trinajstić information content (AvgIpc) is 2.74. The molecule has 2 aromatic rings. The first-order chi connectivity index (χ1) is 7.79. The number of H-pyrrole nitrogens is 1. The van der Waals surface area contributed by atoms with Gasteiger partial charge in [0.2, 0.25) is 5.91 Å². The summed E-state index contributed by atoms with van der Waals surface area (Å²) in [6.45, 7) is 2.34. The molecule has 0 saturated heterocycles. The lowest BCUT2D eigenvalue weighted by Crippen LogP contribution is -2.20. The molecule has 0 bridgehead atoms. The number of aromatic nitrogens is 2. The van der Waals surface area contributed by atoms with E-state index in [-0.39, 0.29) is 5.91 Å². The second-order valence-electron chi connectivity index (χ2n) is 3.51. The second kappa shape index (κ2) is 4.61. The summed E-state index contributed by atoms with van der Waals surface area (Å²) >= 11 is 0. The van der Waals surface area contributed by atoms with Crippen LogP contribution in [0, 0.1) is 0 Å². The average molecular weight is 215 g/mol. The smallest absolute Gasteiger partial charge is 0.243 e. The predicted octanol–water partition coefficient (Wildman–Crippen LogP) is 1.76. The third-order valence-corrected chi connectivity index (χ3v) is 2.29. The van der Waals surface area contributed by atoms with E-state index in [4.69, 9.17) is 0 Å². The van der Waals surface area contributed by atoms with Crippen molar-refractivity contribution in [2.24, 2.45) is 0 Å². The molecule has 2 rings (SSSR count). The number of nitrogens with one attached hydrogen (secondary N) is 2. The van der Waals surface area contributed by atoms with E-state index in [0.29, 0.717) is 6.54 Å². The highest BCUT2D eigenvalue weighted by Crippen LogP contribution is 2.12. The van der Waals surface area contributed by atoms with E-state index in [1.165, 1.54) is 6.08 Å². The number of allylic oxidation sites excluding steroid dienone is 1. The third kappa shape index (κ3) is 2.28. The highest BCUT2D eigenvalue weighted by atomic mass is 16.1. The van der Waals surface area contributed by atoms with E-state index in [2.05, 4.69) is 15.5 Å². The van der Waals surface area contributed by atoms with Gasteiger partial charge < -0.3 is 5.32 Å². The van der Waals surface area contributed by atoms with Gasteiger partial charge in [0.25, 0.3) is 0 Å². The Hall–Kier alpha value is -2.10. The minimum absolute atomic E-state index is 0.0767. The van der Waals surface area contributed by atoms with E-state index in [1.807, 2.05) is 25.1 Å². The zero-order chi connectivity index (χ0) is 11.4. The van der Waals surface area contributed by atoms with Crippen molar-refractivity contribution in [3.05, 3.63) is 42.1 Å². The van der Waals surface area contributed by atoms with Crippen molar-refractivity contribution in [3.8, 4) is 0 Å². The van der Waals surface area contributed by atoms with Crippen molar-refractivity contribution in [1.29, 1.82) is 0 Å². The van der Waals surface area contributed by atoms with Gasteiger partial charge in [-0.05, 0) is 24.6 Å². The van der Waals surface area contributed by atoms with Gasteiger partial charge in [0.1, 0.15) is 0 Å². The number of carbonyl (C=O) groups excluding carboxylic acids is 1. The van der Waals surface area contributed by atoms with Gasteiger partial charge in [-0.1, -0.05) is 18.2 Å². The number of fused-ring (bicyclic) bond motifs is 1. The molecule has 0 radical (unpaired) electrons. The molecule has 4 heteroatoms. The Morgan fingerprint density at radius 1 is 1.56 bits per heavy atom. The Morgan fingerprint density at radius 3 is 3.25 bits per heavy atom. The molecular weight excluding hydrogens is 202 g/mol. The van der Waals surface area contributed by atoms with Gasteiger partial charge in [-0.25, -0.2) is 0 Å². The summed E-state index contributed by atoms with van der Waals surface area (Å²) in [5, 5.41) is 10.7. The molecule has 0 aliphatic heterocycles. The van der Waals surface area contributed by atoms with E-state index in [0.717, 1.165) is 16.5 Å². The molecule has 1 aromatic heterocycles. The molecule has 0 saturated carbocycles. The van der Waals surface area contributed by atoms with Crippen LogP contribution in [-0.4, -0.2) is 16.1 Å². The molecule has 1 aromatic carbocycles. The lowest BCUT2D eigenvalue weighted by atomic mass is 10.1. The van der Waals surface area contributed by atoms with Crippen LogP contribution >= 0.6 is 0 Å². The number of benzene rings is 1. The standard InChI is InChI=1S/C12H13N3O/c1-2-3-12(16)13-7-9-4-5-10-8-14-15-11(10)6-9/h2-6,8H,7H2,1H3,(H,13,16)(H,14,15)/b3-2+. The fraction of sp³-hybridized carbons (Fsp3) is 0.167. The summed E-state index contributed by atoms with van der Waals surface area (Å²) < 4.78 is 0. The van der Waals surface area contributed by atoms with Gasteiger partial charge in [0.15, 0.2) is 0 Å². The molecule has 0 unspecified atom stereocenters. The van der Waals surface area contributed by atoms with Crippen LogP contribution in [0.15, 0.2) is 36.5 Å². The number of nitrogens with zero attached hydrogens (tertiary/aromatic N) is 1. The lowest BCUT2D eigenvalue weighted by Gasteiger charge is -2.02. The summed E-state index contributed by atoms with van der Waals surface area (Å²) in [6, 6.07) is 5.95. The topological polar surface area (TPSA) is 57.8 Å². The fourth-order valence-corrected chi connectivity index (χ4v) is 1.49. The van der Waals surface area contributed by atoms with Gasteiger partial charge in [-0.3, -0.25) is 9.89 Å². The molecule has 1 amide bonds. The highest BCUT2D eigenvalue weighted by molar-refractivity contribution is 5.87. The monoisotopic (exact) mass is 215 g/mol. The summed E-state index contributed by atoms with van der Waals surface area (Å²) in [5.41, 5.74) is 2.03. The molecule has 4 nitrogen and oxygen atoms in total. The lowest BCUT2D eigenvalue weighted by molar-refractivity contribution is -0.116. The molecule has 0 aliphatic rings. The normalized spacial score (nSPS) is 11.1. The molecule has 2 N–H and O–H groups in total. The largest absolute Gasteiger partial charge is 0.348 e. The zero-order valence-electron chi connectivity index (χ0n) is 9.03. The van der Waals surface area contributed by atoms with Crippen molar-refractivity contribution >= 4 is 16.8 Å². The maximum Gasteiger partial charge on any atom is 0.243 e. The van der Waals surface area contributed by atoms with Crippen molar-refractivity contribution in [1.82, 2.24) is 15.5 Å².